The monoisotopic (exact) mass is 278 g/mol. The number of nitrogens with zero attached hydrogens (tertiary/aromatic N) is 2. The van der Waals surface area contributed by atoms with Gasteiger partial charge < -0.3 is 4.74 Å². The lowest BCUT2D eigenvalue weighted by Gasteiger charge is -2.08. The number of nitriles is 1. The summed E-state index contributed by atoms with van der Waals surface area (Å²) < 4.78 is 5.53. The molecule has 0 saturated carbocycles. The van der Waals surface area contributed by atoms with Crippen molar-refractivity contribution < 1.29 is 4.74 Å². The van der Waals surface area contributed by atoms with Gasteiger partial charge in [0.15, 0.2) is 0 Å². The Kier molecular flexibility index (Phi) is 3.71. The maximum atomic E-state index is 8.87. The van der Waals surface area contributed by atoms with Gasteiger partial charge in [-0.3, -0.25) is 0 Å². The smallest absolute Gasteiger partial charge is 0.220 e. The summed E-state index contributed by atoms with van der Waals surface area (Å²) in [5.41, 5.74) is 1.18. The van der Waals surface area contributed by atoms with E-state index < -0.39 is 0 Å². The largest absolute Gasteiger partial charge is 0.437 e. The van der Waals surface area contributed by atoms with E-state index in [1.807, 2.05) is 6.07 Å². The molecule has 5 heteroatoms. The van der Waals surface area contributed by atoms with Crippen LogP contribution in [-0.4, -0.2) is 4.98 Å². The number of aromatic nitrogens is 1. The zero-order chi connectivity index (χ0) is 13.1. The minimum absolute atomic E-state index is 0.315. The maximum Gasteiger partial charge on any atom is 0.220 e. The Morgan fingerprint density at radius 1 is 1.22 bits per heavy atom. The van der Waals surface area contributed by atoms with Crippen LogP contribution in [0.15, 0.2) is 30.3 Å². The molecule has 0 aliphatic carbocycles. The second-order valence-electron chi connectivity index (χ2n) is 3.62. The molecule has 2 aromatic rings. The molecule has 2 rings (SSSR count). The van der Waals surface area contributed by atoms with Gasteiger partial charge in [0.05, 0.1) is 16.7 Å². The second-order valence-corrected chi connectivity index (χ2v) is 4.47. The van der Waals surface area contributed by atoms with Gasteiger partial charge >= 0.3 is 0 Å². The minimum Gasteiger partial charge on any atom is -0.437 e. The van der Waals surface area contributed by atoms with Gasteiger partial charge in [0.25, 0.3) is 0 Å². The Labute approximate surface area is 115 Å². The van der Waals surface area contributed by atoms with Crippen molar-refractivity contribution in [1.29, 1.82) is 5.26 Å². The summed E-state index contributed by atoms with van der Waals surface area (Å²) in [6.45, 7) is 1.78. The third-order valence-electron chi connectivity index (χ3n) is 2.17. The fourth-order valence-electron chi connectivity index (χ4n) is 1.42. The lowest BCUT2D eigenvalue weighted by molar-refractivity contribution is 0.462. The van der Waals surface area contributed by atoms with Gasteiger partial charge in [-0.05, 0) is 25.1 Å². The summed E-state index contributed by atoms with van der Waals surface area (Å²) in [5, 5.41) is 9.82. The molecular formula is C13H8Cl2N2O. The van der Waals surface area contributed by atoms with Crippen LogP contribution < -0.4 is 4.74 Å². The number of rotatable bonds is 2. The van der Waals surface area contributed by atoms with Crippen LogP contribution in [0.25, 0.3) is 0 Å². The second kappa shape index (κ2) is 5.26. The van der Waals surface area contributed by atoms with Crippen LogP contribution in [0.4, 0.5) is 0 Å². The van der Waals surface area contributed by atoms with Gasteiger partial charge in [-0.25, -0.2) is 4.98 Å². The van der Waals surface area contributed by atoms with E-state index in [-0.39, 0.29) is 0 Å². The first-order valence-electron chi connectivity index (χ1n) is 5.10. The van der Waals surface area contributed by atoms with Gasteiger partial charge in [-0.1, -0.05) is 23.2 Å². The topological polar surface area (TPSA) is 45.9 Å². The Morgan fingerprint density at radius 2 is 2.00 bits per heavy atom. The van der Waals surface area contributed by atoms with E-state index in [1.54, 1.807) is 37.3 Å². The Hall–Kier alpha value is -1.76. The van der Waals surface area contributed by atoms with Crippen LogP contribution in [0.1, 0.15) is 11.3 Å². The molecule has 1 aromatic carbocycles. The highest BCUT2D eigenvalue weighted by Gasteiger charge is 2.07. The van der Waals surface area contributed by atoms with Gasteiger partial charge in [-0.2, -0.15) is 5.26 Å². The van der Waals surface area contributed by atoms with E-state index in [9.17, 15) is 0 Å². The van der Waals surface area contributed by atoms with E-state index in [0.29, 0.717) is 32.9 Å². The summed E-state index contributed by atoms with van der Waals surface area (Å²) in [5.74, 6) is 0.724. The molecular weight excluding hydrogens is 271 g/mol. The third-order valence-corrected chi connectivity index (χ3v) is 2.71. The van der Waals surface area contributed by atoms with E-state index in [2.05, 4.69) is 4.98 Å². The standard InChI is InChI=1S/C13H8Cl2N2O/c1-8-4-9(7-16)5-13(17-8)18-12-6-10(14)2-3-11(12)15/h2-6H,1H3. The van der Waals surface area contributed by atoms with Gasteiger partial charge in [0, 0.05) is 22.8 Å². The van der Waals surface area contributed by atoms with Crippen molar-refractivity contribution in [3.8, 4) is 17.7 Å². The number of hydrogen-bond donors (Lipinski definition) is 0. The summed E-state index contributed by atoms with van der Waals surface area (Å²) in [6.07, 6.45) is 0. The molecule has 18 heavy (non-hydrogen) atoms. The molecule has 1 aromatic heterocycles. The number of halogens is 2. The van der Waals surface area contributed by atoms with Gasteiger partial charge in [-0.15, -0.1) is 0 Å². The highest BCUT2D eigenvalue weighted by atomic mass is 35.5. The van der Waals surface area contributed by atoms with Crippen LogP contribution >= 0.6 is 23.2 Å². The number of aryl methyl sites for hydroxylation is 1. The summed E-state index contributed by atoms with van der Waals surface area (Å²) >= 11 is 11.8. The highest BCUT2D eigenvalue weighted by Crippen LogP contribution is 2.31. The van der Waals surface area contributed by atoms with Crippen LogP contribution in [-0.2, 0) is 0 Å². The van der Waals surface area contributed by atoms with Crippen molar-refractivity contribution in [2.45, 2.75) is 6.92 Å². The average molecular weight is 279 g/mol. The first-order valence-corrected chi connectivity index (χ1v) is 5.86. The number of pyridine rings is 1. The van der Waals surface area contributed by atoms with E-state index in [0.717, 1.165) is 0 Å². The Balaban J connectivity index is 2.37. The third kappa shape index (κ3) is 2.92. The quantitative estimate of drug-likeness (QED) is 0.820. The summed E-state index contributed by atoms with van der Waals surface area (Å²) in [6, 6.07) is 10.2. The number of hydrogen-bond acceptors (Lipinski definition) is 3. The molecule has 1 heterocycles. The van der Waals surface area contributed by atoms with Crippen molar-refractivity contribution in [3.05, 3.63) is 51.6 Å². The van der Waals surface area contributed by atoms with Gasteiger partial charge in [0.2, 0.25) is 5.88 Å². The SMILES string of the molecule is Cc1cc(C#N)cc(Oc2cc(Cl)ccc2Cl)n1. The zero-order valence-corrected chi connectivity index (χ0v) is 11.0. The van der Waals surface area contributed by atoms with Crippen LogP contribution in [0.2, 0.25) is 10.0 Å². The molecule has 0 spiro atoms. The fraction of sp³-hybridized carbons (Fsp3) is 0.0769. The maximum absolute atomic E-state index is 8.87. The Morgan fingerprint density at radius 3 is 2.72 bits per heavy atom. The van der Waals surface area contributed by atoms with Crippen molar-refractivity contribution >= 4 is 23.2 Å². The average Bonchev–Trinajstić information content (AvgIpc) is 2.33. The van der Waals surface area contributed by atoms with Crippen molar-refractivity contribution in [2.24, 2.45) is 0 Å². The van der Waals surface area contributed by atoms with Crippen LogP contribution in [0, 0.1) is 18.3 Å². The van der Waals surface area contributed by atoms with Crippen molar-refractivity contribution in [1.82, 2.24) is 4.98 Å². The van der Waals surface area contributed by atoms with Crippen molar-refractivity contribution in [2.75, 3.05) is 0 Å². The van der Waals surface area contributed by atoms with E-state index >= 15 is 0 Å². The first-order chi connectivity index (χ1) is 8.58. The number of ether oxygens (including phenoxy) is 1. The Bertz CT molecular complexity index is 635. The lowest BCUT2D eigenvalue weighted by Crippen LogP contribution is -1.92. The zero-order valence-electron chi connectivity index (χ0n) is 9.45. The van der Waals surface area contributed by atoms with E-state index in [4.69, 9.17) is 33.2 Å². The summed E-state index contributed by atoms with van der Waals surface area (Å²) in [7, 11) is 0. The predicted molar refractivity (Wildman–Crippen MR) is 70.2 cm³/mol. The lowest BCUT2D eigenvalue weighted by atomic mass is 10.2. The van der Waals surface area contributed by atoms with Gasteiger partial charge in [0.1, 0.15) is 5.75 Å². The molecule has 0 amide bonds. The molecule has 0 radical (unpaired) electrons. The molecule has 3 nitrogen and oxygen atoms in total. The van der Waals surface area contributed by atoms with Crippen LogP contribution in [0.5, 0.6) is 11.6 Å². The number of benzene rings is 1. The van der Waals surface area contributed by atoms with Crippen molar-refractivity contribution in [3.63, 3.8) is 0 Å². The fourth-order valence-corrected chi connectivity index (χ4v) is 1.74. The first kappa shape index (κ1) is 12.7. The summed E-state index contributed by atoms with van der Waals surface area (Å²) in [4.78, 5) is 4.17. The molecule has 0 N–H and O–H groups in total. The molecule has 0 atom stereocenters. The molecule has 0 aliphatic rings. The predicted octanol–water partition coefficient (Wildman–Crippen LogP) is 4.36. The molecule has 0 fully saturated rings. The molecule has 0 saturated heterocycles. The molecule has 0 unspecified atom stereocenters. The molecule has 0 bridgehead atoms. The van der Waals surface area contributed by atoms with Crippen LogP contribution in [0.3, 0.4) is 0 Å². The highest BCUT2D eigenvalue weighted by molar-refractivity contribution is 6.34. The normalized spacial score (nSPS) is 9.89. The molecule has 90 valence electrons. The molecule has 0 aliphatic heterocycles. The van der Waals surface area contributed by atoms with E-state index in [1.165, 1.54) is 0 Å². The minimum atomic E-state index is 0.315.